The second kappa shape index (κ2) is 10.3. The number of anilines is 3. The Morgan fingerprint density at radius 1 is 1.18 bits per heavy atom. The second-order valence-corrected chi connectivity index (χ2v) is 9.89. The number of carbonyl (C=O) groups is 1. The summed E-state index contributed by atoms with van der Waals surface area (Å²) in [6.45, 7) is 0.954. The van der Waals surface area contributed by atoms with Gasteiger partial charge >= 0.3 is 12.1 Å². The molecule has 15 heteroatoms. The van der Waals surface area contributed by atoms with Crippen molar-refractivity contribution in [1.82, 2.24) is 4.98 Å². The number of aliphatic carboxylic acids is 1. The number of fused-ring (bicyclic) bond motifs is 1. The number of ether oxygens (including phenoxy) is 1. The first-order chi connectivity index (χ1) is 15.9. The highest BCUT2D eigenvalue weighted by molar-refractivity contribution is 7.93. The van der Waals surface area contributed by atoms with Gasteiger partial charge in [-0.25, -0.2) is 18.2 Å². The maximum atomic E-state index is 12.6. The van der Waals surface area contributed by atoms with E-state index in [1.807, 2.05) is 4.90 Å². The zero-order valence-electron chi connectivity index (χ0n) is 16.7. The van der Waals surface area contributed by atoms with Crippen LogP contribution >= 0.6 is 34.5 Å². The van der Waals surface area contributed by atoms with Crippen LogP contribution in [0.2, 0.25) is 10.0 Å². The zero-order chi connectivity index (χ0) is 25.1. The van der Waals surface area contributed by atoms with Crippen molar-refractivity contribution in [2.24, 2.45) is 0 Å². The van der Waals surface area contributed by atoms with Crippen LogP contribution in [0.15, 0.2) is 52.9 Å². The summed E-state index contributed by atoms with van der Waals surface area (Å²) in [5, 5.41) is 10.2. The van der Waals surface area contributed by atoms with E-state index in [1.54, 1.807) is 29.6 Å². The van der Waals surface area contributed by atoms with Crippen molar-refractivity contribution in [2.75, 3.05) is 22.8 Å². The van der Waals surface area contributed by atoms with E-state index >= 15 is 0 Å². The molecule has 3 aromatic rings. The third kappa shape index (κ3) is 6.23. The van der Waals surface area contributed by atoms with Crippen molar-refractivity contribution in [3.05, 3.63) is 58.0 Å². The lowest BCUT2D eigenvalue weighted by Gasteiger charge is -2.32. The number of rotatable bonds is 4. The fourth-order valence-corrected chi connectivity index (χ4v) is 4.95. The first kappa shape index (κ1) is 25.9. The Morgan fingerprint density at radius 2 is 1.88 bits per heavy atom. The van der Waals surface area contributed by atoms with E-state index in [-0.39, 0.29) is 4.90 Å². The lowest BCUT2D eigenvalue weighted by molar-refractivity contribution is -0.192. The molecule has 1 aliphatic heterocycles. The van der Waals surface area contributed by atoms with Gasteiger partial charge in [-0.3, -0.25) is 4.72 Å². The minimum Gasteiger partial charge on any atom is -0.489 e. The number of thiazole rings is 1. The van der Waals surface area contributed by atoms with Crippen LogP contribution in [-0.4, -0.2) is 43.8 Å². The number of benzene rings is 2. The largest absolute Gasteiger partial charge is 0.490 e. The average molecular weight is 556 g/mol. The van der Waals surface area contributed by atoms with E-state index in [4.69, 9.17) is 37.8 Å². The number of hydrogen-bond acceptors (Lipinski definition) is 7. The van der Waals surface area contributed by atoms with Crippen LogP contribution in [0, 0.1) is 0 Å². The second-order valence-electron chi connectivity index (χ2n) is 6.47. The number of carboxylic acid groups (broad SMARTS) is 1. The Morgan fingerprint density at radius 3 is 2.50 bits per heavy atom. The number of halogens is 5. The Labute approximate surface area is 205 Å². The SMILES string of the molecule is O=C(O)C(F)(F)F.O=S(=O)(Nc1nccs1)c1ccc2c(c1)OCCN2c1cc(Cl)ccc1Cl. The van der Waals surface area contributed by atoms with Crippen LogP contribution in [0.3, 0.4) is 0 Å². The lowest BCUT2D eigenvalue weighted by Crippen LogP contribution is -2.29. The molecular weight excluding hydrogens is 542 g/mol. The molecule has 0 unspecified atom stereocenters. The quantitative estimate of drug-likeness (QED) is 0.442. The Bertz CT molecular complexity index is 1290. The predicted octanol–water partition coefficient (Wildman–Crippen LogP) is 5.41. The molecule has 2 aromatic carbocycles. The van der Waals surface area contributed by atoms with Crippen molar-refractivity contribution in [3.8, 4) is 5.75 Å². The van der Waals surface area contributed by atoms with Crippen LogP contribution < -0.4 is 14.4 Å². The van der Waals surface area contributed by atoms with E-state index in [0.29, 0.717) is 34.1 Å². The number of sulfonamides is 1. The summed E-state index contributed by atoms with van der Waals surface area (Å²) in [6.07, 6.45) is -3.55. The van der Waals surface area contributed by atoms with Crippen molar-refractivity contribution in [2.45, 2.75) is 11.1 Å². The summed E-state index contributed by atoms with van der Waals surface area (Å²) in [5.74, 6) is -2.30. The smallest absolute Gasteiger partial charge is 0.489 e. The molecule has 0 fully saturated rings. The minimum absolute atomic E-state index is 0.0930. The van der Waals surface area contributed by atoms with Gasteiger partial charge in [0.25, 0.3) is 10.0 Å². The molecule has 0 amide bonds. The fourth-order valence-electron chi connectivity index (χ4n) is 2.76. The van der Waals surface area contributed by atoms with Gasteiger partial charge in [-0.1, -0.05) is 23.2 Å². The van der Waals surface area contributed by atoms with Gasteiger partial charge in [-0.15, -0.1) is 11.3 Å². The summed E-state index contributed by atoms with van der Waals surface area (Å²) >= 11 is 13.6. The molecule has 2 heterocycles. The fraction of sp³-hybridized carbons (Fsp3) is 0.158. The van der Waals surface area contributed by atoms with Crippen LogP contribution in [0.1, 0.15) is 0 Å². The van der Waals surface area contributed by atoms with Crippen LogP contribution in [-0.2, 0) is 14.8 Å². The predicted molar refractivity (Wildman–Crippen MR) is 122 cm³/mol. The molecule has 0 spiro atoms. The van der Waals surface area contributed by atoms with Gasteiger partial charge in [0, 0.05) is 22.7 Å². The highest BCUT2D eigenvalue weighted by Gasteiger charge is 2.38. The molecule has 34 heavy (non-hydrogen) atoms. The number of nitrogens with zero attached hydrogens (tertiary/aromatic N) is 2. The van der Waals surface area contributed by atoms with Crippen LogP contribution in [0.25, 0.3) is 0 Å². The first-order valence-corrected chi connectivity index (χ1v) is 12.2. The minimum atomic E-state index is -5.08. The van der Waals surface area contributed by atoms with Gasteiger partial charge in [0.05, 0.1) is 27.8 Å². The first-order valence-electron chi connectivity index (χ1n) is 9.10. The van der Waals surface area contributed by atoms with E-state index in [1.165, 1.54) is 29.7 Å². The average Bonchev–Trinajstić information content (AvgIpc) is 3.27. The summed E-state index contributed by atoms with van der Waals surface area (Å²) in [7, 11) is -3.76. The number of hydrogen-bond donors (Lipinski definition) is 2. The third-order valence-electron chi connectivity index (χ3n) is 4.20. The lowest BCUT2D eigenvalue weighted by atomic mass is 10.2. The van der Waals surface area contributed by atoms with Gasteiger partial charge in [-0.05, 0) is 30.3 Å². The van der Waals surface area contributed by atoms with Crippen LogP contribution in [0.4, 0.5) is 29.7 Å². The van der Waals surface area contributed by atoms with E-state index < -0.39 is 22.2 Å². The molecule has 182 valence electrons. The van der Waals surface area contributed by atoms with Gasteiger partial charge in [0.2, 0.25) is 0 Å². The van der Waals surface area contributed by atoms with Gasteiger partial charge in [0.1, 0.15) is 12.4 Å². The van der Waals surface area contributed by atoms with E-state index in [9.17, 15) is 21.6 Å². The van der Waals surface area contributed by atoms with E-state index in [0.717, 1.165) is 11.4 Å². The van der Waals surface area contributed by atoms with Crippen molar-refractivity contribution in [1.29, 1.82) is 0 Å². The number of aromatic nitrogens is 1. The maximum Gasteiger partial charge on any atom is 0.490 e. The zero-order valence-corrected chi connectivity index (χ0v) is 19.9. The van der Waals surface area contributed by atoms with Gasteiger partial charge in [-0.2, -0.15) is 13.2 Å². The number of carboxylic acids is 1. The Kier molecular flexibility index (Phi) is 7.81. The summed E-state index contributed by atoms with van der Waals surface area (Å²) < 4.78 is 65.0. The van der Waals surface area contributed by atoms with Gasteiger partial charge in [0.15, 0.2) is 5.13 Å². The van der Waals surface area contributed by atoms with Crippen molar-refractivity contribution in [3.63, 3.8) is 0 Å². The Hall–Kier alpha value is -2.74. The Balaban J connectivity index is 0.000000406. The normalized spacial score (nSPS) is 13.3. The third-order valence-corrected chi connectivity index (χ3v) is 6.91. The van der Waals surface area contributed by atoms with Crippen molar-refractivity contribution >= 4 is 67.0 Å². The molecule has 1 aromatic heterocycles. The highest BCUT2D eigenvalue weighted by Crippen LogP contribution is 2.41. The molecular formula is C19H14Cl2F3N3O5S2. The topological polar surface area (TPSA) is 109 Å². The van der Waals surface area contributed by atoms with Crippen molar-refractivity contribution < 1.29 is 36.2 Å². The number of alkyl halides is 3. The molecule has 0 radical (unpaired) electrons. The molecule has 0 bridgehead atoms. The maximum absolute atomic E-state index is 12.6. The summed E-state index contributed by atoms with van der Waals surface area (Å²) in [4.78, 5) is 14.9. The number of nitrogens with one attached hydrogen (secondary N) is 1. The van der Waals surface area contributed by atoms with Gasteiger partial charge < -0.3 is 14.7 Å². The molecule has 4 rings (SSSR count). The highest BCUT2D eigenvalue weighted by atomic mass is 35.5. The monoisotopic (exact) mass is 555 g/mol. The molecule has 0 saturated carbocycles. The van der Waals surface area contributed by atoms with Crippen LogP contribution in [0.5, 0.6) is 5.75 Å². The summed E-state index contributed by atoms with van der Waals surface area (Å²) in [5.41, 5.74) is 1.46. The standard InChI is InChI=1S/C17H13Cl2N3O3S2.C2HF3O2/c18-11-1-3-13(19)15(9-11)22-6-7-25-16-10-12(2-4-14(16)22)27(23,24)21-17-20-5-8-26-17;3-2(4,5)1(6)7/h1-5,8-10H,6-7H2,(H,20,21);(H,6,7). The molecule has 0 saturated heterocycles. The molecule has 8 nitrogen and oxygen atoms in total. The molecule has 0 atom stereocenters. The molecule has 1 aliphatic rings. The summed E-state index contributed by atoms with van der Waals surface area (Å²) in [6, 6.07) is 9.93. The molecule has 2 N–H and O–H groups in total. The molecule has 0 aliphatic carbocycles. The van der Waals surface area contributed by atoms with E-state index in [2.05, 4.69) is 9.71 Å².